The third-order valence-electron chi connectivity index (χ3n) is 3.23. The zero-order valence-electron chi connectivity index (χ0n) is 12.7. The van der Waals surface area contributed by atoms with Crippen LogP contribution in [-0.2, 0) is 0 Å². The molecule has 0 amide bonds. The maximum absolute atomic E-state index is 12.6. The van der Waals surface area contributed by atoms with E-state index in [1.807, 2.05) is 31.2 Å². The second-order valence-electron chi connectivity index (χ2n) is 4.76. The first-order valence-corrected chi connectivity index (χ1v) is 7.09. The second kappa shape index (κ2) is 8.24. The van der Waals surface area contributed by atoms with Gasteiger partial charge in [-0.05, 0) is 26.6 Å². The molecule has 0 aromatic heterocycles. The Balaban J connectivity index is 2.87. The minimum Gasteiger partial charge on any atom is -0.494 e. The average Bonchev–Trinajstić information content (AvgIpc) is 2.43. The van der Waals surface area contributed by atoms with Gasteiger partial charge in [0.25, 0.3) is 0 Å². The van der Waals surface area contributed by atoms with Crippen LogP contribution in [0.3, 0.4) is 0 Å². The number of hydrogen-bond acceptors (Lipinski definition) is 3. The number of alkyl halides is 3. The molecule has 0 radical (unpaired) electrons. The number of halogens is 3. The Labute approximate surface area is 124 Å². The van der Waals surface area contributed by atoms with Crippen molar-refractivity contribution in [2.45, 2.75) is 26.1 Å². The first-order chi connectivity index (χ1) is 9.91. The van der Waals surface area contributed by atoms with Crippen LogP contribution in [-0.4, -0.2) is 44.4 Å². The number of para-hydroxylation sites is 1. The fourth-order valence-corrected chi connectivity index (χ4v) is 2.22. The summed E-state index contributed by atoms with van der Waals surface area (Å²) >= 11 is 0. The number of ether oxygens (including phenoxy) is 1. The Hall–Kier alpha value is -1.27. The van der Waals surface area contributed by atoms with Crippen molar-refractivity contribution in [1.29, 1.82) is 0 Å². The molecule has 1 aromatic carbocycles. The zero-order valence-corrected chi connectivity index (χ0v) is 12.7. The van der Waals surface area contributed by atoms with E-state index in [9.17, 15) is 13.2 Å². The Kier molecular flexibility index (Phi) is 6.98. The number of rotatable bonds is 8. The molecular weight excluding hydrogens is 281 g/mol. The molecule has 1 aromatic rings. The SMILES string of the molecule is CCOc1ccccc1C(CN(CC)CC(F)(F)F)NC. The van der Waals surface area contributed by atoms with E-state index in [-0.39, 0.29) is 12.6 Å². The van der Waals surface area contributed by atoms with Crippen molar-refractivity contribution in [2.24, 2.45) is 0 Å². The molecule has 0 aliphatic carbocycles. The zero-order chi connectivity index (χ0) is 15.9. The lowest BCUT2D eigenvalue weighted by Crippen LogP contribution is -2.39. The van der Waals surface area contributed by atoms with Gasteiger partial charge in [-0.2, -0.15) is 13.2 Å². The molecule has 0 aliphatic heterocycles. The summed E-state index contributed by atoms with van der Waals surface area (Å²) in [5.74, 6) is 0.711. The van der Waals surface area contributed by atoms with Gasteiger partial charge in [-0.1, -0.05) is 25.1 Å². The van der Waals surface area contributed by atoms with Crippen LogP contribution in [0.5, 0.6) is 5.75 Å². The van der Waals surface area contributed by atoms with Crippen LogP contribution in [0, 0.1) is 0 Å². The highest BCUT2D eigenvalue weighted by Crippen LogP contribution is 2.26. The fraction of sp³-hybridized carbons (Fsp3) is 0.600. The number of likely N-dealkylation sites (N-methyl/N-ethyl adjacent to an activating group) is 2. The van der Waals surface area contributed by atoms with E-state index in [4.69, 9.17) is 4.74 Å². The van der Waals surface area contributed by atoms with Gasteiger partial charge in [-0.25, -0.2) is 0 Å². The monoisotopic (exact) mass is 304 g/mol. The summed E-state index contributed by atoms with van der Waals surface area (Å²) < 4.78 is 43.2. The quantitative estimate of drug-likeness (QED) is 0.798. The van der Waals surface area contributed by atoms with Gasteiger partial charge in [0, 0.05) is 18.2 Å². The molecule has 0 saturated heterocycles. The molecule has 6 heteroatoms. The van der Waals surface area contributed by atoms with E-state index in [1.165, 1.54) is 4.90 Å². The smallest absolute Gasteiger partial charge is 0.401 e. The number of nitrogens with one attached hydrogen (secondary N) is 1. The van der Waals surface area contributed by atoms with E-state index in [0.29, 0.717) is 18.9 Å². The molecule has 120 valence electrons. The number of nitrogens with zero attached hydrogens (tertiary/aromatic N) is 1. The molecule has 0 spiro atoms. The summed E-state index contributed by atoms with van der Waals surface area (Å²) in [6.07, 6.45) is -4.19. The summed E-state index contributed by atoms with van der Waals surface area (Å²) in [5, 5.41) is 3.08. The molecule has 1 atom stereocenters. The normalized spacial score (nSPS) is 13.5. The first-order valence-electron chi connectivity index (χ1n) is 7.09. The van der Waals surface area contributed by atoms with Crippen LogP contribution in [0.4, 0.5) is 13.2 Å². The van der Waals surface area contributed by atoms with Gasteiger partial charge in [0.05, 0.1) is 13.2 Å². The van der Waals surface area contributed by atoms with Gasteiger partial charge < -0.3 is 10.1 Å². The largest absolute Gasteiger partial charge is 0.494 e. The Bertz CT molecular complexity index is 424. The van der Waals surface area contributed by atoms with Gasteiger partial charge in [0.1, 0.15) is 5.75 Å². The van der Waals surface area contributed by atoms with E-state index in [2.05, 4.69) is 5.32 Å². The Morgan fingerprint density at radius 2 is 1.90 bits per heavy atom. The lowest BCUT2D eigenvalue weighted by molar-refractivity contribution is -0.146. The van der Waals surface area contributed by atoms with Crippen LogP contribution in [0.25, 0.3) is 0 Å². The number of benzene rings is 1. The molecule has 0 saturated carbocycles. The Morgan fingerprint density at radius 1 is 1.24 bits per heavy atom. The van der Waals surface area contributed by atoms with Crippen molar-refractivity contribution in [3.63, 3.8) is 0 Å². The molecule has 21 heavy (non-hydrogen) atoms. The van der Waals surface area contributed by atoms with Crippen molar-refractivity contribution < 1.29 is 17.9 Å². The first kappa shape index (κ1) is 17.8. The van der Waals surface area contributed by atoms with Gasteiger partial charge in [-0.3, -0.25) is 4.90 Å². The highest BCUT2D eigenvalue weighted by atomic mass is 19.4. The van der Waals surface area contributed by atoms with Crippen molar-refractivity contribution in [3.05, 3.63) is 29.8 Å². The van der Waals surface area contributed by atoms with Crippen molar-refractivity contribution in [1.82, 2.24) is 10.2 Å². The standard InChI is InChI=1S/C15H23F3N2O/c1-4-20(11-15(16,17)18)10-13(19-3)12-8-6-7-9-14(12)21-5-2/h6-9,13,19H,4-5,10-11H2,1-3H3. The lowest BCUT2D eigenvalue weighted by Gasteiger charge is -2.28. The lowest BCUT2D eigenvalue weighted by atomic mass is 10.1. The summed E-state index contributed by atoms with van der Waals surface area (Å²) in [7, 11) is 1.74. The van der Waals surface area contributed by atoms with Crippen molar-refractivity contribution >= 4 is 0 Å². The molecular formula is C15H23F3N2O. The third kappa shape index (κ3) is 5.93. The topological polar surface area (TPSA) is 24.5 Å². The van der Waals surface area contributed by atoms with Crippen molar-refractivity contribution in [3.8, 4) is 5.75 Å². The summed E-state index contributed by atoms with van der Waals surface area (Å²) in [6.45, 7) is 3.84. The molecule has 1 unspecified atom stereocenters. The fourth-order valence-electron chi connectivity index (χ4n) is 2.22. The van der Waals surface area contributed by atoms with E-state index < -0.39 is 12.7 Å². The van der Waals surface area contributed by atoms with Crippen LogP contribution in [0.2, 0.25) is 0 Å². The van der Waals surface area contributed by atoms with Crippen LogP contribution in [0.15, 0.2) is 24.3 Å². The van der Waals surface area contributed by atoms with E-state index in [1.54, 1.807) is 14.0 Å². The minimum absolute atomic E-state index is 0.213. The molecule has 0 fully saturated rings. The average molecular weight is 304 g/mol. The van der Waals surface area contributed by atoms with Gasteiger partial charge >= 0.3 is 6.18 Å². The second-order valence-corrected chi connectivity index (χ2v) is 4.76. The Morgan fingerprint density at radius 3 is 2.43 bits per heavy atom. The van der Waals surface area contributed by atoms with E-state index >= 15 is 0 Å². The van der Waals surface area contributed by atoms with Gasteiger partial charge in [0.2, 0.25) is 0 Å². The predicted octanol–water partition coefficient (Wildman–Crippen LogP) is 3.23. The summed E-state index contributed by atoms with van der Waals surface area (Å²) in [6, 6.07) is 7.23. The van der Waals surface area contributed by atoms with Gasteiger partial charge in [-0.15, -0.1) is 0 Å². The summed E-state index contributed by atoms with van der Waals surface area (Å²) in [4.78, 5) is 1.38. The molecule has 1 rings (SSSR count). The predicted molar refractivity (Wildman–Crippen MR) is 77.6 cm³/mol. The molecule has 3 nitrogen and oxygen atoms in total. The number of hydrogen-bond donors (Lipinski definition) is 1. The van der Waals surface area contributed by atoms with Crippen LogP contribution in [0.1, 0.15) is 25.5 Å². The van der Waals surface area contributed by atoms with Crippen LogP contribution >= 0.6 is 0 Å². The van der Waals surface area contributed by atoms with Crippen molar-refractivity contribution in [2.75, 3.05) is 33.3 Å². The highest BCUT2D eigenvalue weighted by molar-refractivity contribution is 5.36. The summed E-state index contributed by atoms with van der Waals surface area (Å²) in [5.41, 5.74) is 0.877. The van der Waals surface area contributed by atoms with E-state index in [0.717, 1.165) is 5.56 Å². The molecule has 1 N–H and O–H groups in total. The minimum atomic E-state index is -4.19. The maximum atomic E-state index is 12.6. The maximum Gasteiger partial charge on any atom is 0.401 e. The van der Waals surface area contributed by atoms with Gasteiger partial charge in [0.15, 0.2) is 0 Å². The molecule has 0 bridgehead atoms. The molecule has 0 heterocycles. The third-order valence-corrected chi connectivity index (χ3v) is 3.23. The molecule has 0 aliphatic rings. The van der Waals surface area contributed by atoms with Crippen LogP contribution < -0.4 is 10.1 Å². The highest BCUT2D eigenvalue weighted by Gasteiger charge is 2.31.